The van der Waals surface area contributed by atoms with Crippen LogP contribution in [0.25, 0.3) is 0 Å². The van der Waals surface area contributed by atoms with E-state index in [2.05, 4.69) is 5.10 Å². The first-order valence-corrected chi connectivity index (χ1v) is 6.93. The van der Waals surface area contributed by atoms with Gasteiger partial charge in [-0.1, -0.05) is 48.3 Å². The van der Waals surface area contributed by atoms with Crippen LogP contribution in [0.15, 0.2) is 24.3 Å². The third-order valence-corrected chi connectivity index (χ3v) is 3.93. The van der Waals surface area contributed by atoms with Crippen LogP contribution in [0.1, 0.15) is 30.0 Å². The van der Waals surface area contributed by atoms with Gasteiger partial charge in [-0.2, -0.15) is 5.10 Å². The van der Waals surface area contributed by atoms with Crippen LogP contribution in [0.2, 0.25) is 10.0 Å². The molecular weight excluding hydrogens is 283 g/mol. The molecular formula is C14H16Cl2N2O. The summed E-state index contributed by atoms with van der Waals surface area (Å²) in [6.07, 6.45) is 0.479. The number of aromatic nitrogens is 2. The molecule has 2 aromatic rings. The second-order valence-corrected chi connectivity index (χ2v) is 5.21. The van der Waals surface area contributed by atoms with Gasteiger partial charge < -0.3 is 5.11 Å². The van der Waals surface area contributed by atoms with E-state index in [1.165, 1.54) is 0 Å². The number of aliphatic hydroxyl groups excluding tert-OH is 1. The average Bonchev–Trinajstić information content (AvgIpc) is 2.66. The maximum Gasteiger partial charge on any atom is 0.0860 e. The molecule has 0 fully saturated rings. The van der Waals surface area contributed by atoms with Crippen molar-refractivity contribution in [1.29, 1.82) is 0 Å². The Bertz CT molecular complexity index is 581. The molecule has 5 heteroatoms. The van der Waals surface area contributed by atoms with Crippen LogP contribution in [-0.4, -0.2) is 14.9 Å². The minimum atomic E-state index is -0.689. The van der Waals surface area contributed by atoms with Crippen molar-refractivity contribution in [3.63, 3.8) is 0 Å². The molecule has 1 aromatic carbocycles. The summed E-state index contributed by atoms with van der Waals surface area (Å²) in [5.41, 5.74) is 2.39. The minimum Gasteiger partial charge on any atom is -0.388 e. The van der Waals surface area contributed by atoms with Crippen LogP contribution in [0.5, 0.6) is 0 Å². The lowest BCUT2D eigenvalue weighted by Crippen LogP contribution is -2.07. The SMILES string of the molecule is CCc1nn(C)c(CC(O)c2ccccc2Cl)c1Cl. The van der Waals surface area contributed by atoms with Crippen LogP contribution in [0.3, 0.4) is 0 Å². The van der Waals surface area contributed by atoms with E-state index in [4.69, 9.17) is 23.2 Å². The number of aryl methyl sites for hydroxylation is 2. The summed E-state index contributed by atoms with van der Waals surface area (Å²) in [4.78, 5) is 0. The summed E-state index contributed by atoms with van der Waals surface area (Å²) >= 11 is 12.4. The fraction of sp³-hybridized carbons (Fsp3) is 0.357. The summed E-state index contributed by atoms with van der Waals surface area (Å²) in [6.45, 7) is 2.00. The van der Waals surface area contributed by atoms with Gasteiger partial charge in [0.25, 0.3) is 0 Å². The Labute approximate surface area is 122 Å². The van der Waals surface area contributed by atoms with E-state index in [1.54, 1.807) is 10.7 Å². The van der Waals surface area contributed by atoms with E-state index in [1.807, 2.05) is 32.2 Å². The van der Waals surface area contributed by atoms with Crippen molar-refractivity contribution in [1.82, 2.24) is 9.78 Å². The molecule has 1 unspecified atom stereocenters. The first-order chi connectivity index (χ1) is 9.04. The van der Waals surface area contributed by atoms with Gasteiger partial charge in [-0.15, -0.1) is 0 Å². The van der Waals surface area contributed by atoms with Crippen molar-refractivity contribution in [3.8, 4) is 0 Å². The molecule has 1 aromatic heterocycles. The van der Waals surface area contributed by atoms with Crippen LogP contribution >= 0.6 is 23.2 Å². The molecule has 19 heavy (non-hydrogen) atoms. The fourth-order valence-electron chi connectivity index (χ4n) is 2.08. The van der Waals surface area contributed by atoms with Crippen LogP contribution in [0, 0.1) is 0 Å². The number of rotatable bonds is 4. The third kappa shape index (κ3) is 2.94. The number of hydrogen-bond donors (Lipinski definition) is 1. The Balaban J connectivity index is 2.27. The molecule has 1 heterocycles. The Morgan fingerprint density at radius 1 is 1.32 bits per heavy atom. The van der Waals surface area contributed by atoms with E-state index in [0.29, 0.717) is 22.0 Å². The van der Waals surface area contributed by atoms with E-state index < -0.39 is 6.10 Å². The number of nitrogens with zero attached hydrogens (tertiary/aromatic N) is 2. The first kappa shape index (κ1) is 14.4. The first-order valence-electron chi connectivity index (χ1n) is 6.17. The Kier molecular flexibility index (Phi) is 4.50. The lowest BCUT2D eigenvalue weighted by atomic mass is 10.0. The molecule has 0 aliphatic heterocycles. The average molecular weight is 299 g/mol. The molecule has 0 saturated carbocycles. The molecule has 102 valence electrons. The molecule has 0 radical (unpaired) electrons. The molecule has 1 atom stereocenters. The van der Waals surface area contributed by atoms with E-state index >= 15 is 0 Å². The van der Waals surface area contributed by atoms with Gasteiger partial charge in [0.05, 0.1) is 22.5 Å². The van der Waals surface area contributed by atoms with Crippen molar-refractivity contribution in [2.24, 2.45) is 7.05 Å². The summed E-state index contributed by atoms with van der Waals surface area (Å²) in [6, 6.07) is 7.28. The van der Waals surface area contributed by atoms with Crippen LogP contribution in [0.4, 0.5) is 0 Å². The molecule has 0 aliphatic carbocycles. The quantitative estimate of drug-likeness (QED) is 0.937. The van der Waals surface area contributed by atoms with Crippen LogP contribution < -0.4 is 0 Å². The van der Waals surface area contributed by atoms with Gasteiger partial charge in [0.15, 0.2) is 0 Å². The third-order valence-electron chi connectivity index (χ3n) is 3.15. The maximum absolute atomic E-state index is 10.3. The number of benzene rings is 1. The second kappa shape index (κ2) is 5.95. The van der Waals surface area contributed by atoms with Crippen molar-refractivity contribution in [2.75, 3.05) is 0 Å². The lowest BCUT2D eigenvalue weighted by Gasteiger charge is -2.13. The van der Waals surface area contributed by atoms with Crippen molar-refractivity contribution >= 4 is 23.2 Å². The van der Waals surface area contributed by atoms with Gasteiger partial charge in [0.2, 0.25) is 0 Å². The molecule has 0 aliphatic rings. The lowest BCUT2D eigenvalue weighted by molar-refractivity contribution is 0.176. The molecule has 3 nitrogen and oxygen atoms in total. The molecule has 1 N–H and O–H groups in total. The van der Waals surface area contributed by atoms with Crippen molar-refractivity contribution in [2.45, 2.75) is 25.9 Å². The number of aliphatic hydroxyl groups is 1. The van der Waals surface area contributed by atoms with E-state index in [9.17, 15) is 5.11 Å². The highest BCUT2D eigenvalue weighted by Gasteiger charge is 2.18. The van der Waals surface area contributed by atoms with Gasteiger partial charge >= 0.3 is 0 Å². The molecule has 0 spiro atoms. The number of hydrogen-bond acceptors (Lipinski definition) is 2. The van der Waals surface area contributed by atoms with Gasteiger partial charge in [0.1, 0.15) is 0 Å². The highest BCUT2D eigenvalue weighted by molar-refractivity contribution is 6.32. The normalized spacial score (nSPS) is 12.7. The zero-order chi connectivity index (χ0) is 14.0. The topological polar surface area (TPSA) is 38.0 Å². The Morgan fingerprint density at radius 3 is 2.58 bits per heavy atom. The van der Waals surface area contributed by atoms with E-state index in [0.717, 1.165) is 17.8 Å². The van der Waals surface area contributed by atoms with Gasteiger partial charge in [-0.25, -0.2) is 0 Å². The summed E-state index contributed by atoms with van der Waals surface area (Å²) < 4.78 is 1.72. The largest absolute Gasteiger partial charge is 0.388 e. The van der Waals surface area contributed by atoms with Gasteiger partial charge in [-0.3, -0.25) is 4.68 Å². The maximum atomic E-state index is 10.3. The predicted octanol–water partition coefficient (Wildman–Crippen LogP) is 3.57. The highest BCUT2D eigenvalue weighted by atomic mass is 35.5. The smallest absolute Gasteiger partial charge is 0.0860 e. The summed E-state index contributed by atoms with van der Waals surface area (Å²) in [7, 11) is 1.83. The fourth-order valence-corrected chi connectivity index (χ4v) is 2.71. The monoisotopic (exact) mass is 298 g/mol. The summed E-state index contributed by atoms with van der Waals surface area (Å²) in [5.74, 6) is 0. The number of halogens is 2. The van der Waals surface area contributed by atoms with Crippen molar-refractivity contribution < 1.29 is 5.11 Å². The molecule has 0 saturated heterocycles. The second-order valence-electron chi connectivity index (χ2n) is 4.43. The molecule has 0 bridgehead atoms. The Hall–Kier alpha value is -1.03. The zero-order valence-electron chi connectivity index (χ0n) is 10.9. The molecule has 0 amide bonds. The van der Waals surface area contributed by atoms with Crippen LogP contribution in [-0.2, 0) is 19.9 Å². The highest BCUT2D eigenvalue weighted by Crippen LogP contribution is 2.29. The predicted molar refractivity (Wildman–Crippen MR) is 77.7 cm³/mol. The minimum absolute atomic E-state index is 0.395. The van der Waals surface area contributed by atoms with E-state index in [-0.39, 0.29) is 0 Å². The van der Waals surface area contributed by atoms with Gasteiger partial charge in [-0.05, 0) is 18.1 Å². The van der Waals surface area contributed by atoms with Gasteiger partial charge in [0, 0.05) is 18.5 Å². The molecule has 2 rings (SSSR count). The Morgan fingerprint density at radius 2 is 2.00 bits per heavy atom. The zero-order valence-corrected chi connectivity index (χ0v) is 12.4. The van der Waals surface area contributed by atoms with Crippen molar-refractivity contribution in [3.05, 3.63) is 51.3 Å². The summed E-state index contributed by atoms with van der Waals surface area (Å²) in [5, 5.41) is 15.8. The standard InChI is InChI=1S/C14H16Cl2N2O/c1-3-11-14(16)12(18(2)17-11)8-13(19)9-6-4-5-7-10(9)15/h4-7,13,19H,3,8H2,1-2H3.